The third kappa shape index (κ3) is 1.90. The van der Waals surface area contributed by atoms with E-state index in [0.717, 1.165) is 22.7 Å². The van der Waals surface area contributed by atoms with Gasteiger partial charge in [-0.1, -0.05) is 0 Å². The first-order valence-corrected chi connectivity index (χ1v) is 5.79. The SMILES string of the molecule is CCNc1nc(C)nc(C2CC2)c1Br. The van der Waals surface area contributed by atoms with Crippen molar-refractivity contribution < 1.29 is 0 Å². The maximum absolute atomic E-state index is 4.48. The minimum Gasteiger partial charge on any atom is -0.369 e. The predicted molar refractivity (Wildman–Crippen MR) is 60.6 cm³/mol. The van der Waals surface area contributed by atoms with E-state index >= 15 is 0 Å². The van der Waals surface area contributed by atoms with Crippen LogP contribution >= 0.6 is 15.9 Å². The van der Waals surface area contributed by atoms with E-state index in [-0.39, 0.29) is 0 Å². The summed E-state index contributed by atoms with van der Waals surface area (Å²) in [6.45, 7) is 4.90. The molecule has 1 heterocycles. The van der Waals surface area contributed by atoms with Gasteiger partial charge in [0.2, 0.25) is 0 Å². The maximum atomic E-state index is 4.48. The monoisotopic (exact) mass is 255 g/mol. The van der Waals surface area contributed by atoms with E-state index in [0.29, 0.717) is 5.92 Å². The van der Waals surface area contributed by atoms with Crippen molar-refractivity contribution in [3.63, 3.8) is 0 Å². The van der Waals surface area contributed by atoms with Gasteiger partial charge < -0.3 is 5.32 Å². The second-order valence-electron chi connectivity index (χ2n) is 3.62. The number of nitrogens with one attached hydrogen (secondary N) is 1. The average Bonchev–Trinajstić information content (AvgIpc) is 2.94. The van der Waals surface area contributed by atoms with E-state index in [1.165, 1.54) is 18.5 Å². The second kappa shape index (κ2) is 3.85. The van der Waals surface area contributed by atoms with Gasteiger partial charge in [0.1, 0.15) is 11.6 Å². The van der Waals surface area contributed by atoms with Crippen LogP contribution in [-0.2, 0) is 0 Å². The first-order valence-electron chi connectivity index (χ1n) is 5.00. The zero-order valence-electron chi connectivity index (χ0n) is 8.47. The van der Waals surface area contributed by atoms with Gasteiger partial charge in [0.25, 0.3) is 0 Å². The highest BCUT2D eigenvalue weighted by Crippen LogP contribution is 2.43. The predicted octanol–water partition coefficient (Wildman–Crippen LogP) is 2.86. The molecule has 3 nitrogen and oxygen atoms in total. The molecule has 1 aliphatic rings. The van der Waals surface area contributed by atoms with Crippen molar-refractivity contribution in [2.75, 3.05) is 11.9 Å². The Balaban J connectivity index is 2.39. The Morgan fingerprint density at radius 3 is 2.71 bits per heavy atom. The second-order valence-corrected chi connectivity index (χ2v) is 4.42. The molecule has 0 atom stereocenters. The molecule has 0 amide bonds. The van der Waals surface area contributed by atoms with Gasteiger partial charge in [-0.15, -0.1) is 0 Å². The summed E-state index contributed by atoms with van der Waals surface area (Å²) in [5, 5.41) is 3.24. The van der Waals surface area contributed by atoms with Crippen molar-refractivity contribution >= 4 is 21.7 Å². The van der Waals surface area contributed by atoms with Crippen molar-refractivity contribution in [3.05, 3.63) is 16.0 Å². The molecule has 0 aromatic carbocycles. The lowest BCUT2D eigenvalue weighted by atomic mass is 10.2. The zero-order chi connectivity index (χ0) is 10.1. The summed E-state index contributed by atoms with van der Waals surface area (Å²) in [5.41, 5.74) is 1.17. The van der Waals surface area contributed by atoms with Gasteiger partial charge in [-0.05, 0) is 42.6 Å². The van der Waals surface area contributed by atoms with Crippen molar-refractivity contribution in [3.8, 4) is 0 Å². The van der Waals surface area contributed by atoms with Crippen LogP contribution in [0.1, 0.15) is 37.2 Å². The Morgan fingerprint density at radius 1 is 1.43 bits per heavy atom. The summed E-state index contributed by atoms with van der Waals surface area (Å²) < 4.78 is 1.05. The minimum atomic E-state index is 0.656. The molecule has 1 fully saturated rings. The number of nitrogens with zero attached hydrogens (tertiary/aromatic N) is 2. The quantitative estimate of drug-likeness (QED) is 0.903. The Hall–Kier alpha value is -0.640. The lowest BCUT2D eigenvalue weighted by Gasteiger charge is -2.09. The molecule has 1 aliphatic carbocycles. The first kappa shape index (κ1) is 9.90. The standard InChI is InChI=1S/C10H14BrN3/c1-3-12-10-8(11)9(7-4-5-7)13-6(2)14-10/h7H,3-5H2,1-2H3,(H,12,13,14). The summed E-state index contributed by atoms with van der Waals surface area (Å²) >= 11 is 3.57. The smallest absolute Gasteiger partial charge is 0.144 e. The Bertz CT molecular complexity index is 347. The topological polar surface area (TPSA) is 37.8 Å². The molecule has 0 radical (unpaired) electrons. The molecule has 0 bridgehead atoms. The van der Waals surface area contributed by atoms with Crippen LogP contribution in [0.4, 0.5) is 5.82 Å². The molecule has 1 saturated carbocycles. The van der Waals surface area contributed by atoms with Crippen LogP contribution in [0.3, 0.4) is 0 Å². The number of hydrogen-bond acceptors (Lipinski definition) is 3. The van der Waals surface area contributed by atoms with Crippen LogP contribution in [0.2, 0.25) is 0 Å². The molecule has 0 spiro atoms. The highest BCUT2D eigenvalue weighted by molar-refractivity contribution is 9.10. The number of hydrogen-bond donors (Lipinski definition) is 1. The van der Waals surface area contributed by atoms with Gasteiger partial charge >= 0.3 is 0 Å². The molecule has 14 heavy (non-hydrogen) atoms. The summed E-state index contributed by atoms with van der Waals surface area (Å²) in [5.74, 6) is 2.44. The van der Waals surface area contributed by atoms with Gasteiger partial charge in [0.05, 0.1) is 10.2 Å². The molecular weight excluding hydrogens is 242 g/mol. The van der Waals surface area contributed by atoms with E-state index in [1.807, 2.05) is 6.92 Å². The first-order chi connectivity index (χ1) is 6.72. The van der Waals surface area contributed by atoms with Gasteiger partial charge in [-0.2, -0.15) is 0 Å². The lowest BCUT2D eigenvalue weighted by Crippen LogP contribution is -2.05. The van der Waals surface area contributed by atoms with Crippen molar-refractivity contribution in [1.29, 1.82) is 0 Å². The Morgan fingerprint density at radius 2 is 2.14 bits per heavy atom. The van der Waals surface area contributed by atoms with Gasteiger partial charge in [-0.25, -0.2) is 9.97 Å². The number of aryl methyl sites for hydroxylation is 1. The van der Waals surface area contributed by atoms with E-state index in [2.05, 4.69) is 38.1 Å². The molecule has 1 aromatic rings. The third-order valence-corrected chi connectivity index (χ3v) is 3.08. The lowest BCUT2D eigenvalue weighted by molar-refractivity contribution is 0.924. The van der Waals surface area contributed by atoms with Crippen LogP contribution < -0.4 is 5.32 Å². The number of rotatable bonds is 3. The molecule has 4 heteroatoms. The number of aromatic nitrogens is 2. The molecule has 0 aliphatic heterocycles. The summed E-state index contributed by atoms with van der Waals surface area (Å²) in [4.78, 5) is 8.84. The van der Waals surface area contributed by atoms with Crippen LogP contribution in [0.25, 0.3) is 0 Å². The minimum absolute atomic E-state index is 0.656. The van der Waals surface area contributed by atoms with Crippen LogP contribution in [0.15, 0.2) is 4.47 Å². The normalized spacial score (nSPS) is 15.6. The Labute approximate surface area is 92.5 Å². The Kier molecular flexibility index (Phi) is 2.72. The fourth-order valence-electron chi connectivity index (χ4n) is 1.49. The molecule has 0 unspecified atom stereocenters. The van der Waals surface area contributed by atoms with Crippen LogP contribution in [0, 0.1) is 6.92 Å². The largest absolute Gasteiger partial charge is 0.369 e. The third-order valence-electron chi connectivity index (χ3n) is 2.30. The average molecular weight is 256 g/mol. The van der Waals surface area contributed by atoms with E-state index in [1.54, 1.807) is 0 Å². The molecule has 1 aromatic heterocycles. The number of halogens is 1. The van der Waals surface area contributed by atoms with Crippen molar-refractivity contribution in [2.45, 2.75) is 32.6 Å². The molecule has 1 N–H and O–H groups in total. The molecule has 0 saturated heterocycles. The highest BCUT2D eigenvalue weighted by Gasteiger charge is 2.28. The van der Waals surface area contributed by atoms with E-state index in [4.69, 9.17) is 0 Å². The number of anilines is 1. The fraction of sp³-hybridized carbons (Fsp3) is 0.600. The van der Waals surface area contributed by atoms with E-state index in [9.17, 15) is 0 Å². The highest BCUT2D eigenvalue weighted by atomic mass is 79.9. The summed E-state index contributed by atoms with van der Waals surface area (Å²) in [7, 11) is 0. The van der Waals surface area contributed by atoms with E-state index < -0.39 is 0 Å². The van der Waals surface area contributed by atoms with Gasteiger partial charge in [0, 0.05) is 12.5 Å². The maximum Gasteiger partial charge on any atom is 0.144 e. The fourth-order valence-corrected chi connectivity index (χ4v) is 2.13. The molecule has 76 valence electrons. The summed E-state index contributed by atoms with van der Waals surface area (Å²) in [6, 6.07) is 0. The van der Waals surface area contributed by atoms with Crippen LogP contribution in [0.5, 0.6) is 0 Å². The van der Waals surface area contributed by atoms with Crippen LogP contribution in [-0.4, -0.2) is 16.5 Å². The van der Waals surface area contributed by atoms with Crippen molar-refractivity contribution in [1.82, 2.24) is 9.97 Å². The summed E-state index contributed by atoms with van der Waals surface area (Å²) in [6.07, 6.45) is 2.53. The zero-order valence-corrected chi connectivity index (χ0v) is 10.1. The van der Waals surface area contributed by atoms with Crippen molar-refractivity contribution in [2.24, 2.45) is 0 Å². The molecule has 2 rings (SSSR count). The van der Waals surface area contributed by atoms with Gasteiger partial charge in [-0.3, -0.25) is 0 Å². The van der Waals surface area contributed by atoms with Gasteiger partial charge in [0.15, 0.2) is 0 Å². The molecular formula is C10H14BrN3.